The van der Waals surface area contributed by atoms with Crippen molar-refractivity contribution in [1.82, 2.24) is 14.5 Å². The van der Waals surface area contributed by atoms with Gasteiger partial charge in [0.25, 0.3) is 11.5 Å². The summed E-state index contributed by atoms with van der Waals surface area (Å²) in [7, 11) is 0. The maximum absolute atomic E-state index is 13.3. The van der Waals surface area contributed by atoms with Crippen LogP contribution in [-0.4, -0.2) is 46.7 Å². The predicted molar refractivity (Wildman–Crippen MR) is 113 cm³/mol. The average Bonchev–Trinajstić information content (AvgIpc) is 3.11. The molecule has 0 radical (unpaired) electrons. The number of morpholine rings is 1. The molecule has 1 fully saturated rings. The Labute approximate surface area is 176 Å². The van der Waals surface area contributed by atoms with Crippen molar-refractivity contribution in [2.24, 2.45) is 0 Å². The maximum Gasteiger partial charge on any atom is 0.273 e. The number of benzene rings is 1. The Bertz CT molecular complexity index is 1270. The minimum Gasteiger partial charge on any atom is -0.378 e. The van der Waals surface area contributed by atoms with Crippen LogP contribution in [0.4, 0.5) is 0 Å². The smallest absolute Gasteiger partial charge is 0.273 e. The molecule has 7 nitrogen and oxygen atoms in total. The standard InChI is InChI=1S/C22H18N4O3S/c23-15-18(20(27)25-10-12-29-13-11-25)22-26(17-4-2-1-3-5-17)21(28)19(30-22)14-16-6-8-24-9-7-16/h1-9,14H,10-13H2/b19-14-,22-18+. The maximum atomic E-state index is 13.3. The number of rotatable bonds is 3. The van der Waals surface area contributed by atoms with Crippen LogP contribution in [0.5, 0.6) is 0 Å². The molecule has 3 heterocycles. The van der Waals surface area contributed by atoms with Gasteiger partial charge in [0.05, 0.1) is 23.4 Å². The fourth-order valence-corrected chi connectivity index (χ4v) is 4.28. The number of para-hydroxylation sites is 1. The molecule has 0 atom stereocenters. The van der Waals surface area contributed by atoms with Gasteiger partial charge in [-0.2, -0.15) is 5.26 Å². The number of carbonyl (C=O) groups is 1. The number of ether oxygens (including phenoxy) is 1. The highest BCUT2D eigenvalue weighted by Gasteiger charge is 2.23. The van der Waals surface area contributed by atoms with Crippen molar-refractivity contribution < 1.29 is 9.53 Å². The van der Waals surface area contributed by atoms with Gasteiger partial charge in [-0.25, -0.2) is 0 Å². The normalized spacial score (nSPS) is 15.6. The highest BCUT2D eigenvalue weighted by Crippen LogP contribution is 2.08. The highest BCUT2D eigenvalue weighted by atomic mass is 32.1. The molecule has 1 amide bonds. The predicted octanol–water partition coefficient (Wildman–Crippen LogP) is 0.656. The van der Waals surface area contributed by atoms with Gasteiger partial charge in [0.2, 0.25) is 0 Å². The Morgan fingerprint density at radius 3 is 2.50 bits per heavy atom. The fraction of sp³-hybridized carbons (Fsp3) is 0.182. The summed E-state index contributed by atoms with van der Waals surface area (Å²) < 4.78 is 7.50. The minimum absolute atomic E-state index is 0.0442. The molecule has 30 heavy (non-hydrogen) atoms. The lowest BCUT2D eigenvalue weighted by Gasteiger charge is -2.26. The first-order chi connectivity index (χ1) is 14.7. The fourth-order valence-electron chi connectivity index (χ4n) is 3.18. The summed E-state index contributed by atoms with van der Waals surface area (Å²) in [5.74, 6) is -0.387. The third kappa shape index (κ3) is 3.94. The third-order valence-corrected chi connectivity index (χ3v) is 5.77. The molecule has 1 aliphatic heterocycles. The van der Waals surface area contributed by atoms with Crippen LogP contribution in [0.25, 0.3) is 17.3 Å². The molecule has 0 unspecified atom stereocenters. The van der Waals surface area contributed by atoms with Crippen molar-refractivity contribution >= 4 is 28.9 Å². The summed E-state index contributed by atoms with van der Waals surface area (Å²) in [6, 6.07) is 14.7. The second kappa shape index (κ2) is 8.86. The van der Waals surface area contributed by atoms with Crippen LogP contribution < -0.4 is 14.8 Å². The monoisotopic (exact) mass is 418 g/mol. The van der Waals surface area contributed by atoms with Gasteiger partial charge in [-0.3, -0.25) is 19.1 Å². The van der Waals surface area contributed by atoms with Gasteiger partial charge in [-0.15, -0.1) is 11.3 Å². The van der Waals surface area contributed by atoms with E-state index in [0.717, 1.165) is 16.9 Å². The van der Waals surface area contributed by atoms with E-state index in [1.165, 1.54) is 4.57 Å². The zero-order valence-electron chi connectivity index (χ0n) is 16.0. The van der Waals surface area contributed by atoms with E-state index in [1.54, 1.807) is 47.6 Å². The van der Waals surface area contributed by atoms with Crippen LogP contribution in [0, 0.1) is 11.3 Å². The number of hydrogen-bond donors (Lipinski definition) is 0. The first-order valence-electron chi connectivity index (χ1n) is 9.39. The second-order valence-corrected chi connectivity index (χ2v) is 7.59. The highest BCUT2D eigenvalue weighted by molar-refractivity contribution is 7.07. The Hall–Kier alpha value is -3.54. The van der Waals surface area contributed by atoms with E-state index in [9.17, 15) is 14.9 Å². The molecule has 0 N–H and O–H groups in total. The topological polar surface area (TPSA) is 88.2 Å². The van der Waals surface area contributed by atoms with E-state index in [1.807, 2.05) is 24.3 Å². The summed E-state index contributed by atoms with van der Waals surface area (Å²) in [5, 5.41) is 9.85. The van der Waals surface area contributed by atoms with Crippen LogP contribution >= 0.6 is 11.3 Å². The lowest BCUT2D eigenvalue weighted by atomic mass is 10.2. The summed E-state index contributed by atoms with van der Waals surface area (Å²) in [5.41, 5.74) is 1.09. The number of amides is 1. The molecule has 8 heteroatoms. The number of aromatic nitrogens is 2. The Morgan fingerprint density at radius 2 is 1.83 bits per heavy atom. The van der Waals surface area contributed by atoms with Gasteiger partial charge in [-0.1, -0.05) is 18.2 Å². The molecular weight excluding hydrogens is 400 g/mol. The number of nitriles is 1. The van der Waals surface area contributed by atoms with Crippen LogP contribution in [-0.2, 0) is 9.53 Å². The molecule has 150 valence electrons. The number of nitrogens with zero attached hydrogens (tertiary/aromatic N) is 4. The Balaban J connectivity index is 1.98. The molecule has 0 saturated carbocycles. The molecule has 0 bridgehead atoms. The van der Waals surface area contributed by atoms with E-state index in [0.29, 0.717) is 41.2 Å². The zero-order valence-corrected chi connectivity index (χ0v) is 16.8. The lowest BCUT2D eigenvalue weighted by Crippen LogP contribution is -2.42. The summed E-state index contributed by atoms with van der Waals surface area (Å²) in [4.78, 5) is 31.9. The zero-order chi connectivity index (χ0) is 20.9. The SMILES string of the molecule is N#C/C(C(=O)N1CCOCC1)=c1\s/c(=C\c2ccncc2)c(=O)n1-c1ccccc1. The molecule has 4 rings (SSSR count). The van der Waals surface area contributed by atoms with Crippen molar-refractivity contribution in [3.63, 3.8) is 0 Å². The van der Waals surface area contributed by atoms with E-state index in [-0.39, 0.29) is 17.0 Å². The van der Waals surface area contributed by atoms with E-state index >= 15 is 0 Å². The van der Waals surface area contributed by atoms with Gasteiger partial charge >= 0.3 is 0 Å². The number of carbonyl (C=O) groups excluding carboxylic acids is 1. The van der Waals surface area contributed by atoms with Gasteiger partial charge in [0.15, 0.2) is 5.57 Å². The average molecular weight is 418 g/mol. The summed E-state index contributed by atoms with van der Waals surface area (Å²) in [6.07, 6.45) is 5.03. The van der Waals surface area contributed by atoms with Crippen LogP contribution in [0.3, 0.4) is 0 Å². The molecule has 0 aliphatic carbocycles. The molecule has 1 aromatic carbocycles. The molecule has 1 aliphatic rings. The van der Waals surface area contributed by atoms with Crippen molar-refractivity contribution in [3.8, 4) is 11.8 Å². The van der Waals surface area contributed by atoms with Gasteiger partial charge in [0, 0.05) is 25.5 Å². The van der Waals surface area contributed by atoms with Crippen molar-refractivity contribution in [2.45, 2.75) is 0 Å². The summed E-state index contributed by atoms with van der Waals surface area (Å²) >= 11 is 1.14. The van der Waals surface area contributed by atoms with E-state index in [2.05, 4.69) is 4.98 Å². The third-order valence-electron chi connectivity index (χ3n) is 4.68. The molecular formula is C22H18N4O3S. The molecule has 0 spiro atoms. The van der Waals surface area contributed by atoms with Crippen molar-refractivity contribution in [1.29, 1.82) is 5.26 Å². The Morgan fingerprint density at radius 1 is 1.13 bits per heavy atom. The molecule has 2 aromatic heterocycles. The van der Waals surface area contributed by atoms with Crippen LogP contribution in [0.15, 0.2) is 59.7 Å². The van der Waals surface area contributed by atoms with E-state index in [4.69, 9.17) is 4.74 Å². The van der Waals surface area contributed by atoms with Crippen LogP contribution in [0.2, 0.25) is 0 Å². The number of hydrogen-bond acceptors (Lipinski definition) is 6. The minimum atomic E-state index is -0.387. The lowest BCUT2D eigenvalue weighted by molar-refractivity contribution is -0.128. The first kappa shape index (κ1) is 19.8. The van der Waals surface area contributed by atoms with E-state index < -0.39 is 0 Å². The van der Waals surface area contributed by atoms with Crippen LogP contribution in [0.1, 0.15) is 5.56 Å². The van der Waals surface area contributed by atoms with Crippen molar-refractivity contribution in [3.05, 3.63) is 80.0 Å². The number of thiazole rings is 1. The van der Waals surface area contributed by atoms with Gasteiger partial charge in [-0.05, 0) is 35.9 Å². The van der Waals surface area contributed by atoms with Gasteiger partial charge in [0.1, 0.15) is 10.7 Å². The molecule has 3 aromatic rings. The Kier molecular flexibility index (Phi) is 5.84. The van der Waals surface area contributed by atoms with Gasteiger partial charge < -0.3 is 9.64 Å². The number of pyridine rings is 1. The van der Waals surface area contributed by atoms with Crippen molar-refractivity contribution in [2.75, 3.05) is 26.3 Å². The largest absolute Gasteiger partial charge is 0.378 e. The molecule has 1 saturated heterocycles. The quantitative estimate of drug-likeness (QED) is 0.623. The second-order valence-electron chi connectivity index (χ2n) is 6.56. The first-order valence-corrected chi connectivity index (χ1v) is 10.2. The summed E-state index contributed by atoms with van der Waals surface area (Å²) in [6.45, 7) is 1.70.